The van der Waals surface area contributed by atoms with Gasteiger partial charge in [0.15, 0.2) is 5.82 Å². The minimum absolute atomic E-state index is 0.111. The lowest BCUT2D eigenvalue weighted by atomic mass is 10.4. The minimum Gasteiger partial charge on any atom is -0.254 e. The molecule has 5 nitrogen and oxygen atoms in total. The Hall–Kier alpha value is -0.660. The van der Waals surface area contributed by atoms with E-state index in [9.17, 15) is 8.42 Å². The average molecular weight is 308 g/mol. The largest absolute Gasteiger partial charge is 0.302 e. The Balaban J connectivity index is 2.94. The standard InChI is InChI=1S/C9H14BrN3O2S/c1-7(2)13(3)16(14,15)12-9-8(10)5-4-6-11-9/h4-7H,1-3H3,(H,11,12). The summed E-state index contributed by atoms with van der Waals surface area (Å²) < 4.78 is 28.0. The Labute approximate surface area is 104 Å². The summed E-state index contributed by atoms with van der Waals surface area (Å²) in [6.45, 7) is 3.60. The quantitative estimate of drug-likeness (QED) is 0.923. The fourth-order valence-electron chi connectivity index (χ4n) is 0.932. The van der Waals surface area contributed by atoms with Crippen LogP contribution in [0.4, 0.5) is 5.82 Å². The van der Waals surface area contributed by atoms with Gasteiger partial charge in [0.1, 0.15) is 0 Å². The highest BCUT2D eigenvalue weighted by Gasteiger charge is 2.21. The van der Waals surface area contributed by atoms with Gasteiger partial charge in [-0.1, -0.05) is 0 Å². The van der Waals surface area contributed by atoms with Gasteiger partial charge in [0, 0.05) is 19.3 Å². The zero-order valence-corrected chi connectivity index (χ0v) is 11.7. The van der Waals surface area contributed by atoms with Crippen molar-refractivity contribution in [3.63, 3.8) is 0 Å². The van der Waals surface area contributed by atoms with Crippen LogP contribution in [-0.4, -0.2) is 30.8 Å². The van der Waals surface area contributed by atoms with E-state index in [2.05, 4.69) is 25.6 Å². The topological polar surface area (TPSA) is 62.3 Å². The summed E-state index contributed by atoms with van der Waals surface area (Å²) in [5, 5.41) is 0. The number of hydrogen-bond donors (Lipinski definition) is 1. The van der Waals surface area contributed by atoms with E-state index in [1.165, 1.54) is 17.5 Å². The van der Waals surface area contributed by atoms with E-state index in [0.29, 0.717) is 4.47 Å². The van der Waals surface area contributed by atoms with Crippen molar-refractivity contribution in [1.82, 2.24) is 9.29 Å². The van der Waals surface area contributed by atoms with Crippen molar-refractivity contribution < 1.29 is 8.42 Å². The number of rotatable bonds is 4. The molecule has 0 bridgehead atoms. The van der Waals surface area contributed by atoms with Gasteiger partial charge in [0.25, 0.3) is 0 Å². The molecule has 1 rings (SSSR count). The molecule has 0 fully saturated rings. The maximum absolute atomic E-state index is 11.8. The Kier molecular flexibility index (Phi) is 4.28. The summed E-state index contributed by atoms with van der Waals surface area (Å²) >= 11 is 3.23. The molecular formula is C9H14BrN3O2S. The SMILES string of the molecule is CC(C)N(C)S(=O)(=O)Nc1ncccc1Br. The summed E-state index contributed by atoms with van der Waals surface area (Å²) in [4.78, 5) is 3.94. The Bertz CT molecular complexity index is 462. The minimum atomic E-state index is -3.54. The third-order valence-electron chi connectivity index (χ3n) is 2.09. The Morgan fingerprint density at radius 3 is 2.62 bits per heavy atom. The van der Waals surface area contributed by atoms with Crippen LogP contribution in [0, 0.1) is 0 Å². The van der Waals surface area contributed by atoms with Gasteiger partial charge in [-0.2, -0.15) is 12.7 Å². The molecular weight excluding hydrogens is 294 g/mol. The van der Waals surface area contributed by atoms with Crippen LogP contribution < -0.4 is 4.72 Å². The van der Waals surface area contributed by atoms with Crippen molar-refractivity contribution >= 4 is 32.0 Å². The van der Waals surface area contributed by atoms with Crippen molar-refractivity contribution in [1.29, 1.82) is 0 Å². The highest BCUT2D eigenvalue weighted by Crippen LogP contribution is 2.20. The van der Waals surface area contributed by atoms with Gasteiger partial charge in [-0.05, 0) is 41.9 Å². The van der Waals surface area contributed by atoms with Gasteiger partial charge in [0.2, 0.25) is 0 Å². The zero-order chi connectivity index (χ0) is 12.3. The van der Waals surface area contributed by atoms with Crippen LogP contribution in [0.1, 0.15) is 13.8 Å². The number of halogens is 1. The lowest BCUT2D eigenvalue weighted by Gasteiger charge is -2.21. The molecule has 0 saturated heterocycles. The molecule has 0 unspecified atom stereocenters. The number of anilines is 1. The third-order valence-corrected chi connectivity index (χ3v) is 4.36. The molecule has 7 heteroatoms. The van der Waals surface area contributed by atoms with Crippen molar-refractivity contribution in [3.05, 3.63) is 22.8 Å². The monoisotopic (exact) mass is 307 g/mol. The number of hydrogen-bond acceptors (Lipinski definition) is 3. The molecule has 1 heterocycles. The van der Waals surface area contributed by atoms with Gasteiger partial charge >= 0.3 is 10.2 Å². The number of pyridine rings is 1. The summed E-state index contributed by atoms with van der Waals surface area (Å²) in [5.74, 6) is 0.287. The average Bonchev–Trinajstić information content (AvgIpc) is 2.20. The third kappa shape index (κ3) is 3.16. The first-order valence-corrected chi connectivity index (χ1v) is 6.94. The van der Waals surface area contributed by atoms with Crippen LogP contribution in [0.15, 0.2) is 22.8 Å². The van der Waals surface area contributed by atoms with Gasteiger partial charge in [-0.25, -0.2) is 4.98 Å². The molecule has 1 aromatic heterocycles. The second-order valence-corrected chi connectivity index (χ2v) is 6.14. The first-order chi connectivity index (χ1) is 7.34. The Morgan fingerprint density at radius 2 is 2.12 bits per heavy atom. The molecule has 0 saturated carbocycles. The van der Waals surface area contributed by atoms with Crippen LogP contribution in [0.5, 0.6) is 0 Å². The number of aromatic nitrogens is 1. The zero-order valence-electron chi connectivity index (χ0n) is 9.31. The summed E-state index contributed by atoms with van der Waals surface area (Å²) in [7, 11) is -2.03. The Morgan fingerprint density at radius 1 is 1.50 bits per heavy atom. The first kappa shape index (κ1) is 13.4. The van der Waals surface area contributed by atoms with E-state index in [-0.39, 0.29) is 11.9 Å². The molecule has 0 spiro atoms. The van der Waals surface area contributed by atoms with E-state index in [1.54, 1.807) is 26.0 Å². The highest BCUT2D eigenvalue weighted by atomic mass is 79.9. The normalized spacial score (nSPS) is 12.1. The molecule has 0 amide bonds. The molecule has 1 aromatic rings. The highest BCUT2D eigenvalue weighted by molar-refractivity contribution is 9.10. The second-order valence-electron chi connectivity index (χ2n) is 3.55. The maximum atomic E-state index is 11.8. The van der Waals surface area contributed by atoms with Crippen molar-refractivity contribution in [2.45, 2.75) is 19.9 Å². The predicted molar refractivity (Wildman–Crippen MR) is 67.4 cm³/mol. The predicted octanol–water partition coefficient (Wildman–Crippen LogP) is 1.84. The molecule has 90 valence electrons. The summed E-state index contributed by atoms with van der Waals surface area (Å²) in [6.07, 6.45) is 1.53. The van der Waals surface area contributed by atoms with Crippen LogP contribution in [-0.2, 0) is 10.2 Å². The molecule has 0 radical (unpaired) electrons. The fourth-order valence-corrected chi connectivity index (χ4v) is 2.52. The summed E-state index contributed by atoms with van der Waals surface area (Å²) in [6, 6.07) is 3.33. The van der Waals surface area contributed by atoms with Crippen molar-refractivity contribution in [2.24, 2.45) is 0 Å². The van der Waals surface area contributed by atoms with Gasteiger partial charge in [-0.3, -0.25) is 4.72 Å². The van der Waals surface area contributed by atoms with E-state index in [4.69, 9.17) is 0 Å². The van der Waals surface area contributed by atoms with Crippen LogP contribution in [0.25, 0.3) is 0 Å². The van der Waals surface area contributed by atoms with Gasteiger partial charge < -0.3 is 0 Å². The van der Waals surface area contributed by atoms with Crippen LogP contribution in [0.2, 0.25) is 0 Å². The number of nitrogens with zero attached hydrogens (tertiary/aromatic N) is 2. The molecule has 0 aliphatic rings. The van der Waals surface area contributed by atoms with Crippen molar-refractivity contribution in [3.8, 4) is 0 Å². The van der Waals surface area contributed by atoms with Gasteiger partial charge in [-0.15, -0.1) is 0 Å². The molecule has 0 aliphatic heterocycles. The molecule has 0 atom stereocenters. The van der Waals surface area contributed by atoms with Crippen LogP contribution in [0.3, 0.4) is 0 Å². The van der Waals surface area contributed by atoms with E-state index < -0.39 is 10.2 Å². The second kappa shape index (κ2) is 5.11. The first-order valence-electron chi connectivity index (χ1n) is 4.71. The van der Waals surface area contributed by atoms with Crippen molar-refractivity contribution in [2.75, 3.05) is 11.8 Å². The lowest BCUT2D eigenvalue weighted by molar-refractivity contribution is 0.414. The smallest absolute Gasteiger partial charge is 0.254 e. The fraction of sp³-hybridized carbons (Fsp3) is 0.444. The number of nitrogens with one attached hydrogen (secondary N) is 1. The molecule has 0 aliphatic carbocycles. The van der Waals surface area contributed by atoms with E-state index in [0.717, 1.165) is 0 Å². The molecule has 0 aromatic carbocycles. The lowest BCUT2D eigenvalue weighted by Crippen LogP contribution is -2.37. The van der Waals surface area contributed by atoms with Gasteiger partial charge in [0.05, 0.1) is 4.47 Å². The molecule has 1 N–H and O–H groups in total. The molecule has 16 heavy (non-hydrogen) atoms. The summed E-state index contributed by atoms with van der Waals surface area (Å²) in [5.41, 5.74) is 0. The van der Waals surface area contributed by atoms with E-state index in [1.807, 2.05) is 0 Å². The van der Waals surface area contributed by atoms with E-state index >= 15 is 0 Å². The maximum Gasteiger partial charge on any atom is 0.302 e. The van der Waals surface area contributed by atoms with Crippen LogP contribution >= 0.6 is 15.9 Å².